The number of aliphatic carboxylic acids is 1. The van der Waals surface area contributed by atoms with Gasteiger partial charge in [-0.1, -0.05) is 6.08 Å². The van der Waals surface area contributed by atoms with Gasteiger partial charge in [0.15, 0.2) is 11.4 Å². The van der Waals surface area contributed by atoms with Gasteiger partial charge in [0.1, 0.15) is 11.3 Å². The lowest BCUT2D eigenvalue weighted by Crippen LogP contribution is -2.38. The Morgan fingerprint density at radius 2 is 1.81 bits per heavy atom. The van der Waals surface area contributed by atoms with Crippen molar-refractivity contribution in [2.75, 3.05) is 6.26 Å². The van der Waals surface area contributed by atoms with Crippen molar-refractivity contribution in [1.82, 2.24) is 0 Å². The first kappa shape index (κ1) is 22.6. The fourth-order valence-electron chi connectivity index (χ4n) is 3.12. The van der Waals surface area contributed by atoms with E-state index in [0.29, 0.717) is 16.9 Å². The van der Waals surface area contributed by atoms with Gasteiger partial charge in [-0.2, -0.15) is 0 Å². The molecule has 0 aliphatic rings. The number of halogens is 1. The fraction of sp³-hybridized carbons (Fsp3) is 0.250. The van der Waals surface area contributed by atoms with Crippen molar-refractivity contribution in [3.05, 3.63) is 64.7 Å². The summed E-state index contributed by atoms with van der Waals surface area (Å²) in [5, 5.41) is 9.55. The maximum Gasteiger partial charge on any atom is 0.347 e. The van der Waals surface area contributed by atoms with Gasteiger partial charge in [0.25, 0.3) is 0 Å². The number of carboxylic acids is 1. The van der Waals surface area contributed by atoms with Crippen LogP contribution in [0.1, 0.15) is 41.1 Å². The summed E-state index contributed by atoms with van der Waals surface area (Å²) in [6.45, 7) is 6.54. The number of rotatable bonds is 7. The molecule has 3 rings (SSSR count). The van der Waals surface area contributed by atoms with E-state index in [0.717, 1.165) is 16.0 Å². The number of fused-ring (bicyclic) bond motifs is 1. The van der Waals surface area contributed by atoms with Gasteiger partial charge in [-0.05, 0) is 87.0 Å². The molecule has 0 bridgehead atoms. The normalized spacial score (nSPS) is 11.9. The molecule has 0 spiro atoms. The third-order valence-corrected chi connectivity index (χ3v) is 5.57. The molecule has 3 aromatic rings. The third kappa shape index (κ3) is 4.66. The summed E-state index contributed by atoms with van der Waals surface area (Å²) in [5.74, 6) is -2.19. The number of ketones is 1. The number of allylic oxidation sites excluding steroid dienone is 1. The minimum Gasteiger partial charge on any atom is -0.478 e. The summed E-state index contributed by atoms with van der Waals surface area (Å²) < 4.78 is 25.8. The summed E-state index contributed by atoms with van der Waals surface area (Å²) in [5.41, 5.74) is 1.10. The zero-order valence-electron chi connectivity index (χ0n) is 17.9. The molecule has 0 amide bonds. The van der Waals surface area contributed by atoms with Crippen molar-refractivity contribution in [2.24, 2.45) is 0 Å². The van der Waals surface area contributed by atoms with E-state index in [2.05, 4.69) is 0 Å². The Hall–Kier alpha value is -3.06. The number of hydrogen-bond donors (Lipinski definition) is 1. The van der Waals surface area contributed by atoms with Gasteiger partial charge < -0.3 is 14.3 Å². The lowest BCUT2D eigenvalue weighted by atomic mass is 10.0. The van der Waals surface area contributed by atoms with Crippen molar-refractivity contribution in [3.63, 3.8) is 0 Å². The maximum atomic E-state index is 14.6. The van der Waals surface area contributed by atoms with Crippen molar-refractivity contribution < 1.29 is 28.2 Å². The fourth-order valence-corrected chi connectivity index (χ4v) is 3.55. The predicted molar refractivity (Wildman–Crippen MR) is 120 cm³/mol. The van der Waals surface area contributed by atoms with E-state index in [1.54, 1.807) is 50.3 Å². The second kappa shape index (κ2) is 8.59. The van der Waals surface area contributed by atoms with Crippen LogP contribution in [-0.2, 0) is 4.79 Å². The molecule has 2 aromatic carbocycles. The first-order valence-electron chi connectivity index (χ1n) is 9.55. The predicted octanol–water partition coefficient (Wildman–Crippen LogP) is 6.05. The van der Waals surface area contributed by atoms with E-state index >= 15 is 0 Å². The molecule has 0 radical (unpaired) electrons. The summed E-state index contributed by atoms with van der Waals surface area (Å²) >= 11 is 1.50. The number of benzene rings is 2. The lowest BCUT2D eigenvalue weighted by Gasteiger charge is -2.24. The molecule has 7 heteroatoms. The van der Waals surface area contributed by atoms with Gasteiger partial charge in [-0.25, -0.2) is 9.18 Å². The number of aryl methyl sites for hydroxylation is 2. The van der Waals surface area contributed by atoms with Crippen molar-refractivity contribution in [2.45, 2.75) is 38.2 Å². The highest BCUT2D eigenvalue weighted by Gasteiger charge is 2.30. The number of hydrogen-bond acceptors (Lipinski definition) is 5. The van der Waals surface area contributed by atoms with E-state index in [9.17, 15) is 19.1 Å². The zero-order chi connectivity index (χ0) is 22.9. The molecule has 0 aliphatic carbocycles. The van der Waals surface area contributed by atoms with E-state index in [-0.39, 0.29) is 11.1 Å². The minimum absolute atomic E-state index is 0.267. The second-order valence-electron chi connectivity index (χ2n) is 7.71. The van der Waals surface area contributed by atoms with Crippen LogP contribution in [0.4, 0.5) is 4.39 Å². The largest absolute Gasteiger partial charge is 0.478 e. The van der Waals surface area contributed by atoms with Crippen LogP contribution in [-0.4, -0.2) is 28.7 Å². The van der Waals surface area contributed by atoms with Crippen LogP contribution in [0.25, 0.3) is 17.0 Å². The van der Waals surface area contributed by atoms with Crippen LogP contribution in [0.2, 0.25) is 0 Å². The topological polar surface area (TPSA) is 76.7 Å². The summed E-state index contributed by atoms with van der Waals surface area (Å²) in [6.07, 6.45) is 4.72. The highest BCUT2D eigenvalue weighted by molar-refractivity contribution is 7.98. The molecule has 0 saturated heterocycles. The standard InChI is InChI=1S/C24H23FO5S/c1-13-10-15(11-14(2)21(13)30-24(3,4)23(27)28)6-9-18(26)22-20(25)17-8-7-16(31-5)12-19(17)29-22/h6-12H,1-5H3,(H,27,28)/b9-6+. The summed E-state index contributed by atoms with van der Waals surface area (Å²) in [7, 11) is 0. The first-order valence-corrected chi connectivity index (χ1v) is 10.8. The molecule has 0 atom stereocenters. The number of ether oxygens (including phenoxy) is 1. The summed E-state index contributed by atoms with van der Waals surface area (Å²) in [6, 6.07) is 8.61. The van der Waals surface area contributed by atoms with Gasteiger partial charge in [0.05, 0.1) is 5.39 Å². The van der Waals surface area contributed by atoms with E-state index < -0.39 is 23.2 Å². The molecule has 1 heterocycles. The van der Waals surface area contributed by atoms with Gasteiger partial charge in [-0.3, -0.25) is 4.79 Å². The number of carboxylic acid groups (broad SMARTS) is 1. The van der Waals surface area contributed by atoms with Crippen LogP contribution in [0, 0.1) is 19.7 Å². The number of thioether (sulfide) groups is 1. The monoisotopic (exact) mass is 442 g/mol. The molecular weight excluding hydrogens is 419 g/mol. The third-order valence-electron chi connectivity index (χ3n) is 4.84. The Morgan fingerprint density at radius 1 is 1.16 bits per heavy atom. The molecule has 0 fully saturated rings. The number of carbonyl (C=O) groups is 2. The molecule has 1 aromatic heterocycles. The summed E-state index contributed by atoms with van der Waals surface area (Å²) in [4.78, 5) is 24.8. The van der Waals surface area contributed by atoms with E-state index in [4.69, 9.17) is 9.15 Å². The van der Waals surface area contributed by atoms with Crippen LogP contribution < -0.4 is 4.74 Å². The second-order valence-corrected chi connectivity index (χ2v) is 8.59. The molecule has 0 saturated carbocycles. The minimum atomic E-state index is -1.38. The lowest BCUT2D eigenvalue weighted by molar-refractivity contribution is -0.152. The Kier molecular flexibility index (Phi) is 6.27. The molecule has 31 heavy (non-hydrogen) atoms. The average Bonchev–Trinajstić information content (AvgIpc) is 3.04. The quantitative estimate of drug-likeness (QED) is 0.273. The molecular formula is C24H23FO5S. The van der Waals surface area contributed by atoms with Crippen molar-refractivity contribution >= 4 is 40.6 Å². The van der Waals surface area contributed by atoms with Crippen LogP contribution in [0.15, 0.2) is 45.7 Å². The van der Waals surface area contributed by atoms with E-state index in [1.165, 1.54) is 31.7 Å². The van der Waals surface area contributed by atoms with Crippen molar-refractivity contribution in [1.29, 1.82) is 0 Å². The van der Waals surface area contributed by atoms with Crippen molar-refractivity contribution in [3.8, 4) is 5.75 Å². The average molecular weight is 443 g/mol. The molecule has 0 aliphatic heterocycles. The van der Waals surface area contributed by atoms with Gasteiger partial charge in [-0.15, -0.1) is 11.8 Å². The molecule has 5 nitrogen and oxygen atoms in total. The van der Waals surface area contributed by atoms with Crippen LogP contribution in [0.5, 0.6) is 5.75 Å². The Bertz CT molecular complexity index is 1180. The Labute approximate surface area is 183 Å². The van der Waals surface area contributed by atoms with Crippen LogP contribution >= 0.6 is 11.8 Å². The van der Waals surface area contributed by atoms with Crippen LogP contribution in [0.3, 0.4) is 0 Å². The SMILES string of the molecule is CSc1ccc2c(F)c(C(=O)/C=C/c3cc(C)c(OC(C)(C)C(=O)O)c(C)c3)oc2c1. The Morgan fingerprint density at radius 3 is 2.39 bits per heavy atom. The zero-order valence-corrected chi connectivity index (χ0v) is 18.7. The first-order chi connectivity index (χ1) is 14.5. The number of carbonyl (C=O) groups excluding carboxylic acids is 1. The number of furan rings is 1. The van der Waals surface area contributed by atoms with Gasteiger partial charge in [0.2, 0.25) is 11.5 Å². The smallest absolute Gasteiger partial charge is 0.347 e. The van der Waals surface area contributed by atoms with E-state index in [1.807, 2.05) is 6.26 Å². The Balaban J connectivity index is 1.86. The molecule has 0 unspecified atom stereocenters. The highest BCUT2D eigenvalue weighted by Crippen LogP contribution is 2.30. The maximum absolute atomic E-state index is 14.6. The van der Waals surface area contributed by atoms with Gasteiger partial charge in [0, 0.05) is 4.90 Å². The molecule has 162 valence electrons. The van der Waals surface area contributed by atoms with Gasteiger partial charge >= 0.3 is 5.97 Å². The highest BCUT2D eigenvalue weighted by atomic mass is 32.2. The molecule has 1 N–H and O–H groups in total.